The van der Waals surface area contributed by atoms with Gasteiger partial charge < -0.3 is 4.57 Å². The fourth-order valence-corrected chi connectivity index (χ4v) is 6.07. The molecule has 0 amide bonds. The van der Waals surface area contributed by atoms with E-state index < -0.39 is 36.6 Å². The van der Waals surface area contributed by atoms with Gasteiger partial charge >= 0.3 is 0 Å². The molecule has 0 spiro atoms. The van der Waals surface area contributed by atoms with Gasteiger partial charge in [0.05, 0.1) is 0 Å². The molecule has 0 unspecified atom stereocenters. The molecule has 0 aliphatic carbocycles. The summed E-state index contributed by atoms with van der Waals surface area (Å²) in [5.74, 6) is -1.84. The number of benzene rings is 1. The second kappa shape index (κ2) is 7.50. The first-order valence-corrected chi connectivity index (χ1v) is 11.4. The highest BCUT2D eigenvalue weighted by molar-refractivity contribution is 7.89. The van der Waals surface area contributed by atoms with E-state index in [9.17, 15) is 25.6 Å². The smallest absolute Gasteiger partial charge is 0.262 e. The summed E-state index contributed by atoms with van der Waals surface area (Å²) in [7, 11) is -6.68. The summed E-state index contributed by atoms with van der Waals surface area (Å²) < 4.78 is 82.6. The zero-order chi connectivity index (χ0) is 20.7. The van der Waals surface area contributed by atoms with Crippen molar-refractivity contribution < 1.29 is 25.6 Å². The number of halogens is 2. The molecular formula is C16H20F2N4O4S2. The van der Waals surface area contributed by atoms with Crippen LogP contribution in [0.2, 0.25) is 0 Å². The first-order valence-electron chi connectivity index (χ1n) is 8.49. The van der Waals surface area contributed by atoms with Crippen molar-refractivity contribution in [2.45, 2.75) is 23.3 Å². The van der Waals surface area contributed by atoms with Crippen LogP contribution in [0.5, 0.6) is 0 Å². The summed E-state index contributed by atoms with van der Waals surface area (Å²) >= 11 is 0. The molecule has 1 aliphatic rings. The Morgan fingerprint density at radius 3 is 1.96 bits per heavy atom. The van der Waals surface area contributed by atoms with Crippen LogP contribution in [0.3, 0.4) is 0 Å². The van der Waals surface area contributed by atoms with Gasteiger partial charge in [0.15, 0.2) is 9.92 Å². The number of aryl methyl sites for hydroxylation is 2. The van der Waals surface area contributed by atoms with Crippen LogP contribution in [-0.4, -0.2) is 61.2 Å². The summed E-state index contributed by atoms with van der Waals surface area (Å²) in [5, 5.41) is -0.121. The van der Waals surface area contributed by atoms with Gasteiger partial charge in [-0.25, -0.2) is 30.6 Å². The molecule has 154 valence electrons. The molecule has 1 aromatic carbocycles. The summed E-state index contributed by atoms with van der Waals surface area (Å²) in [4.78, 5) is 3.01. The fourth-order valence-electron chi connectivity index (χ4n) is 2.99. The van der Waals surface area contributed by atoms with Crippen LogP contribution in [0, 0.1) is 18.6 Å². The Balaban J connectivity index is 1.85. The van der Waals surface area contributed by atoms with Gasteiger partial charge in [-0.3, -0.25) is 0 Å². The molecular weight excluding hydrogens is 414 g/mol. The van der Waals surface area contributed by atoms with E-state index in [2.05, 4.69) is 4.98 Å². The predicted molar refractivity (Wildman–Crippen MR) is 96.4 cm³/mol. The first kappa shape index (κ1) is 20.8. The summed E-state index contributed by atoms with van der Waals surface area (Å²) in [6.07, 6.45) is 1.57. The average molecular weight is 434 g/mol. The van der Waals surface area contributed by atoms with Crippen molar-refractivity contribution in [3.8, 4) is 0 Å². The maximum atomic E-state index is 14.0. The van der Waals surface area contributed by atoms with Crippen LogP contribution in [0.1, 0.15) is 12.2 Å². The van der Waals surface area contributed by atoms with Crippen molar-refractivity contribution in [2.75, 3.05) is 26.2 Å². The molecule has 0 atom stereocenters. The van der Waals surface area contributed by atoms with Crippen molar-refractivity contribution in [1.29, 1.82) is 0 Å². The molecule has 0 saturated carbocycles. The largest absolute Gasteiger partial charge is 0.337 e. The molecule has 2 heterocycles. The Morgan fingerprint density at radius 2 is 1.46 bits per heavy atom. The van der Waals surface area contributed by atoms with E-state index in [1.54, 1.807) is 18.5 Å². The van der Waals surface area contributed by atoms with Crippen LogP contribution in [0.25, 0.3) is 0 Å². The lowest BCUT2D eigenvalue weighted by molar-refractivity contribution is 0.398. The number of aromatic nitrogens is 2. The Labute approximate surface area is 162 Å². The quantitative estimate of drug-likeness (QED) is 0.718. The van der Waals surface area contributed by atoms with E-state index >= 15 is 0 Å². The van der Waals surface area contributed by atoms with Crippen molar-refractivity contribution in [3.63, 3.8) is 0 Å². The molecule has 8 nitrogen and oxygen atoms in total. The number of imidazole rings is 1. The van der Waals surface area contributed by atoms with E-state index in [4.69, 9.17) is 0 Å². The number of rotatable bonds is 4. The van der Waals surface area contributed by atoms with Gasteiger partial charge in [-0.2, -0.15) is 8.61 Å². The van der Waals surface area contributed by atoms with Crippen molar-refractivity contribution >= 4 is 20.0 Å². The fraction of sp³-hybridized carbons (Fsp3) is 0.438. The summed E-state index contributed by atoms with van der Waals surface area (Å²) in [6.45, 7) is 1.32. The highest BCUT2D eigenvalue weighted by atomic mass is 32.2. The molecule has 0 bridgehead atoms. The van der Waals surface area contributed by atoms with E-state index in [0.29, 0.717) is 5.82 Å². The third-order valence-corrected chi connectivity index (χ3v) is 8.34. The molecule has 0 N–H and O–H groups in total. The van der Waals surface area contributed by atoms with E-state index in [1.807, 2.05) is 0 Å². The molecule has 3 rings (SSSR count). The summed E-state index contributed by atoms with van der Waals surface area (Å²) in [6, 6.07) is 2.82. The highest BCUT2D eigenvalue weighted by Crippen LogP contribution is 2.25. The standard InChI is InChI=1S/C16H20F2N4O4S2/c1-12-19-15(11-20(12)2)27(23,24)21-7-4-8-22(10-9-21)28(25,26)16-13(17)5-3-6-14(16)18/h3,5-6,11H,4,7-10H2,1-2H3. The average Bonchev–Trinajstić information content (AvgIpc) is 2.82. The number of hydrogen-bond donors (Lipinski definition) is 0. The minimum atomic E-state index is -4.44. The normalized spacial score (nSPS) is 17.6. The lowest BCUT2D eigenvalue weighted by atomic mass is 10.3. The third-order valence-electron chi connectivity index (χ3n) is 4.62. The maximum Gasteiger partial charge on any atom is 0.262 e. The molecule has 1 aliphatic heterocycles. The second-order valence-corrected chi connectivity index (χ2v) is 10.2. The minimum Gasteiger partial charge on any atom is -0.337 e. The molecule has 1 fully saturated rings. The second-order valence-electron chi connectivity index (χ2n) is 6.45. The Kier molecular flexibility index (Phi) is 5.58. The van der Waals surface area contributed by atoms with E-state index in [0.717, 1.165) is 26.8 Å². The zero-order valence-electron chi connectivity index (χ0n) is 15.3. The maximum absolute atomic E-state index is 14.0. The predicted octanol–water partition coefficient (Wildman–Crippen LogP) is 1.09. The van der Waals surface area contributed by atoms with Crippen molar-refractivity contribution in [2.24, 2.45) is 7.05 Å². The molecule has 12 heteroatoms. The number of sulfonamides is 2. The Bertz CT molecular complexity index is 1060. The lowest BCUT2D eigenvalue weighted by Gasteiger charge is -2.21. The van der Waals surface area contributed by atoms with Crippen molar-refractivity contribution in [3.05, 3.63) is 41.9 Å². The SMILES string of the molecule is Cc1nc(S(=O)(=O)N2CCCN(S(=O)(=O)c3c(F)cccc3F)CC2)cn1C. The molecule has 0 radical (unpaired) electrons. The topological polar surface area (TPSA) is 92.6 Å². The third kappa shape index (κ3) is 3.69. The van der Waals surface area contributed by atoms with E-state index in [1.165, 1.54) is 6.20 Å². The van der Waals surface area contributed by atoms with E-state index in [-0.39, 0.29) is 37.6 Å². The highest BCUT2D eigenvalue weighted by Gasteiger charge is 2.35. The van der Waals surface area contributed by atoms with Crippen LogP contribution >= 0.6 is 0 Å². The zero-order valence-corrected chi connectivity index (χ0v) is 17.0. The Hall–Kier alpha value is -1.89. The lowest BCUT2D eigenvalue weighted by Crippen LogP contribution is -2.38. The van der Waals surface area contributed by atoms with Crippen LogP contribution < -0.4 is 0 Å². The molecule has 1 saturated heterocycles. The van der Waals surface area contributed by atoms with Gasteiger partial charge in [-0.05, 0) is 25.5 Å². The molecule has 1 aromatic heterocycles. The van der Waals surface area contributed by atoms with Gasteiger partial charge in [-0.1, -0.05) is 6.07 Å². The number of nitrogens with zero attached hydrogens (tertiary/aromatic N) is 4. The monoisotopic (exact) mass is 434 g/mol. The van der Waals surface area contributed by atoms with Crippen LogP contribution in [-0.2, 0) is 27.1 Å². The van der Waals surface area contributed by atoms with Gasteiger partial charge in [0.25, 0.3) is 10.0 Å². The number of hydrogen-bond acceptors (Lipinski definition) is 5. The Morgan fingerprint density at radius 1 is 0.929 bits per heavy atom. The van der Waals surface area contributed by atoms with Crippen LogP contribution in [0.4, 0.5) is 8.78 Å². The first-order chi connectivity index (χ1) is 13.0. The molecule has 2 aromatic rings. The van der Waals surface area contributed by atoms with Crippen molar-refractivity contribution in [1.82, 2.24) is 18.2 Å². The van der Waals surface area contributed by atoms with Gasteiger partial charge in [-0.15, -0.1) is 0 Å². The van der Waals surface area contributed by atoms with Gasteiger partial charge in [0, 0.05) is 39.4 Å². The minimum absolute atomic E-state index is 0.0522. The van der Waals surface area contributed by atoms with Gasteiger partial charge in [0.2, 0.25) is 10.0 Å². The van der Waals surface area contributed by atoms with Gasteiger partial charge in [0.1, 0.15) is 17.5 Å². The summed E-state index contributed by atoms with van der Waals surface area (Å²) in [5.41, 5.74) is 0. The van der Waals surface area contributed by atoms with Crippen LogP contribution in [0.15, 0.2) is 34.3 Å². The molecule has 28 heavy (non-hydrogen) atoms.